The number of rotatable bonds is 3. The number of aromatic amines is 1. The van der Waals surface area contributed by atoms with Crippen LogP contribution in [0.2, 0.25) is 0 Å². The molecule has 0 saturated heterocycles. The molecule has 1 unspecified atom stereocenters. The summed E-state index contributed by atoms with van der Waals surface area (Å²) in [5, 5.41) is 0. The molecule has 2 aromatic carbocycles. The number of halogens is 1. The van der Waals surface area contributed by atoms with Crippen molar-refractivity contribution in [2.24, 2.45) is 0 Å². The normalized spacial score (nSPS) is 11.5. The van der Waals surface area contributed by atoms with Crippen LogP contribution in [0.1, 0.15) is 5.82 Å². The van der Waals surface area contributed by atoms with E-state index in [-0.39, 0.29) is 5.82 Å². The van der Waals surface area contributed by atoms with Crippen LogP contribution in [0.3, 0.4) is 0 Å². The van der Waals surface area contributed by atoms with E-state index in [9.17, 15) is 4.39 Å². The first kappa shape index (κ1) is 16.1. The van der Waals surface area contributed by atoms with Crippen molar-refractivity contribution < 1.29 is 4.39 Å². The number of hydrogen-bond donors (Lipinski definition) is 1. The fourth-order valence-corrected chi connectivity index (χ4v) is 3.79. The number of benzene rings is 2. The van der Waals surface area contributed by atoms with Gasteiger partial charge in [-0.25, -0.2) is 0 Å². The van der Waals surface area contributed by atoms with Gasteiger partial charge in [0.05, 0.1) is 0 Å². The van der Waals surface area contributed by atoms with Crippen LogP contribution in [0.4, 0.5) is 4.39 Å². The number of hydrogen-bond acceptors (Lipinski definition) is 4. The van der Waals surface area contributed by atoms with E-state index in [0.717, 1.165) is 32.3 Å². The zero-order chi connectivity index (χ0) is 18.4. The van der Waals surface area contributed by atoms with Gasteiger partial charge in [-0.2, -0.15) is 0 Å². The van der Waals surface area contributed by atoms with Crippen LogP contribution in [0.5, 0.6) is 0 Å². The van der Waals surface area contributed by atoms with Gasteiger partial charge < -0.3 is 0 Å². The van der Waals surface area contributed by atoms with Crippen molar-refractivity contribution in [1.82, 2.24) is 29.5 Å². The number of fused-ring (bicyclic) bond motifs is 2. The summed E-state index contributed by atoms with van der Waals surface area (Å²) >= 11 is 1.41. The van der Waals surface area contributed by atoms with Crippen molar-refractivity contribution in [3.8, 4) is 11.1 Å². The number of nitrogens with one attached hydrogen (secondary N) is 1. The predicted octanol–water partition coefficient (Wildman–Crippen LogP) is 1.82. The van der Waals surface area contributed by atoms with Crippen LogP contribution in [-0.2, 0) is 6.54 Å². The van der Waals surface area contributed by atoms with Crippen LogP contribution in [0, 0.1) is 5.82 Å². The first-order valence-corrected chi connectivity index (χ1v) is 9.55. The minimum absolute atomic E-state index is 0.296. The number of aromatic nitrogens is 6. The standard InChI is InChI=1S/C19H14AsFN6/c20-18-17-19(23-9-22-18)27(10-24-17)8-15-25-14-7-12(21)6-13(16(14)26-15)11-4-2-1-3-5-11/h1-7,9-10H,8,20H2,(H,25,26). The molecule has 3 heterocycles. The van der Waals surface area contributed by atoms with Gasteiger partial charge in [0.25, 0.3) is 0 Å². The van der Waals surface area contributed by atoms with Gasteiger partial charge >= 0.3 is 156 Å². The Balaban J connectivity index is 1.61. The van der Waals surface area contributed by atoms with E-state index in [0.29, 0.717) is 17.9 Å². The first-order chi connectivity index (χ1) is 13.2. The Labute approximate surface area is 162 Å². The second-order valence-electron chi connectivity index (χ2n) is 6.20. The van der Waals surface area contributed by atoms with Crippen LogP contribution < -0.4 is 4.48 Å². The molecule has 8 heteroatoms. The molecule has 1 N–H and O–H groups in total. The number of nitrogens with zero attached hydrogens (tertiary/aromatic N) is 5. The molecule has 0 radical (unpaired) electrons. The van der Waals surface area contributed by atoms with E-state index in [4.69, 9.17) is 4.98 Å². The van der Waals surface area contributed by atoms with E-state index in [1.165, 1.54) is 29.0 Å². The Kier molecular flexibility index (Phi) is 3.76. The Bertz CT molecular complexity index is 1280. The summed E-state index contributed by atoms with van der Waals surface area (Å²) in [6.07, 6.45) is 3.27. The van der Waals surface area contributed by atoms with E-state index < -0.39 is 0 Å². The van der Waals surface area contributed by atoms with Gasteiger partial charge in [-0.15, -0.1) is 0 Å². The molecule has 6 nitrogen and oxygen atoms in total. The third kappa shape index (κ3) is 2.80. The molecule has 3 aromatic heterocycles. The van der Waals surface area contributed by atoms with Crippen LogP contribution >= 0.6 is 0 Å². The molecule has 0 fully saturated rings. The quantitative estimate of drug-likeness (QED) is 0.452. The predicted molar refractivity (Wildman–Crippen MR) is 104 cm³/mol. The SMILES string of the molecule is Fc1cc(-c2ccccc2)c2nc(Cn3cnc4c([AsH2])ncnc43)[nH]c2c1. The van der Waals surface area contributed by atoms with Gasteiger partial charge in [-0.3, -0.25) is 0 Å². The molecule has 0 saturated carbocycles. The van der Waals surface area contributed by atoms with Gasteiger partial charge in [0.2, 0.25) is 0 Å². The Morgan fingerprint density at radius 1 is 1.04 bits per heavy atom. The van der Waals surface area contributed by atoms with Crippen molar-refractivity contribution in [2.75, 3.05) is 0 Å². The Hall–Kier alpha value is -3.05. The molecule has 5 rings (SSSR count). The molecule has 27 heavy (non-hydrogen) atoms. The molecular formula is C19H14AsFN6. The average molecular weight is 420 g/mol. The zero-order valence-electron chi connectivity index (χ0n) is 14.1. The molecule has 0 aliphatic carbocycles. The summed E-state index contributed by atoms with van der Waals surface area (Å²) in [5.74, 6) is 0.420. The first-order valence-electron chi connectivity index (χ1n) is 8.34. The van der Waals surface area contributed by atoms with Gasteiger partial charge in [-0.05, 0) is 0 Å². The summed E-state index contributed by atoms with van der Waals surface area (Å²) in [6.45, 7) is 0.463. The van der Waals surface area contributed by atoms with Crippen molar-refractivity contribution >= 4 is 43.5 Å². The third-order valence-electron chi connectivity index (χ3n) is 4.43. The fourth-order valence-electron chi connectivity index (χ4n) is 3.22. The van der Waals surface area contributed by atoms with Crippen molar-refractivity contribution in [3.63, 3.8) is 0 Å². The third-order valence-corrected chi connectivity index (χ3v) is 5.32. The van der Waals surface area contributed by atoms with Gasteiger partial charge in [0.1, 0.15) is 0 Å². The van der Waals surface area contributed by atoms with Crippen molar-refractivity contribution in [2.45, 2.75) is 6.54 Å². The molecule has 132 valence electrons. The van der Waals surface area contributed by atoms with E-state index in [2.05, 4.69) is 19.9 Å². The summed E-state index contributed by atoms with van der Waals surface area (Å²) < 4.78 is 16.9. The second kappa shape index (κ2) is 6.28. The minimum atomic E-state index is -0.296. The molecule has 0 amide bonds. The summed E-state index contributed by atoms with van der Waals surface area (Å²) in [5.41, 5.74) is 4.67. The molecule has 0 aliphatic heterocycles. The van der Waals surface area contributed by atoms with Gasteiger partial charge in [0, 0.05) is 0 Å². The van der Waals surface area contributed by atoms with E-state index in [1.807, 2.05) is 34.9 Å². The topological polar surface area (TPSA) is 72.3 Å². The molecule has 1 atom stereocenters. The zero-order valence-corrected chi connectivity index (χ0v) is 16.5. The summed E-state index contributed by atoms with van der Waals surface area (Å²) in [6, 6.07) is 12.7. The van der Waals surface area contributed by atoms with Crippen LogP contribution in [0.15, 0.2) is 55.1 Å². The number of imidazole rings is 2. The monoisotopic (exact) mass is 420 g/mol. The van der Waals surface area contributed by atoms with Crippen molar-refractivity contribution in [1.29, 1.82) is 0 Å². The molecular weight excluding hydrogens is 406 g/mol. The molecule has 0 bridgehead atoms. The van der Waals surface area contributed by atoms with Crippen LogP contribution in [0.25, 0.3) is 33.3 Å². The summed E-state index contributed by atoms with van der Waals surface area (Å²) in [7, 11) is 0. The Morgan fingerprint density at radius 3 is 2.74 bits per heavy atom. The molecule has 5 aromatic rings. The number of H-pyrrole nitrogens is 1. The maximum absolute atomic E-state index is 14.1. The average Bonchev–Trinajstić information content (AvgIpc) is 3.27. The fraction of sp³-hybridized carbons (Fsp3) is 0.0526. The van der Waals surface area contributed by atoms with E-state index >= 15 is 0 Å². The molecule has 0 aliphatic rings. The van der Waals surface area contributed by atoms with Crippen molar-refractivity contribution in [3.05, 3.63) is 66.8 Å². The molecule has 0 spiro atoms. The maximum atomic E-state index is 14.1. The van der Waals surface area contributed by atoms with Gasteiger partial charge in [-0.1, -0.05) is 6.07 Å². The Morgan fingerprint density at radius 2 is 1.89 bits per heavy atom. The second-order valence-corrected chi connectivity index (χ2v) is 7.35. The van der Waals surface area contributed by atoms with Crippen LogP contribution in [-0.4, -0.2) is 46.3 Å². The van der Waals surface area contributed by atoms with E-state index in [1.54, 1.807) is 12.7 Å². The summed E-state index contributed by atoms with van der Waals surface area (Å²) in [4.78, 5) is 20.9. The van der Waals surface area contributed by atoms with Gasteiger partial charge in [0.15, 0.2) is 0 Å².